The molecule has 8 aromatic carbocycles. The number of nitrogens with zero attached hydrogens (tertiary/aromatic N) is 3. The van der Waals surface area contributed by atoms with Crippen molar-refractivity contribution in [2.75, 3.05) is 4.90 Å². The maximum Gasteiger partial charge on any atom is 0.145 e. The van der Waals surface area contributed by atoms with Crippen LogP contribution in [0.25, 0.3) is 72.6 Å². The molecule has 1 aliphatic heterocycles. The van der Waals surface area contributed by atoms with Gasteiger partial charge in [0.2, 0.25) is 0 Å². The second kappa shape index (κ2) is 12.0. The lowest BCUT2D eigenvalue weighted by Crippen LogP contribution is -2.16. The first-order valence-corrected chi connectivity index (χ1v) is 19.1. The first kappa shape index (κ1) is 31.5. The van der Waals surface area contributed by atoms with E-state index in [0.717, 1.165) is 45.2 Å². The number of hydrogen-bond donors (Lipinski definition) is 0. The normalized spacial score (nSPS) is 13.1. The minimum Gasteiger partial charge on any atom is -0.310 e. The number of para-hydroxylation sites is 3. The molecule has 0 unspecified atom stereocenters. The molecular weight excluding hydrogens is 667 g/mol. The van der Waals surface area contributed by atoms with Gasteiger partial charge in [-0.3, -0.25) is 4.57 Å². The summed E-state index contributed by atoms with van der Waals surface area (Å²) in [5.41, 5.74) is 20.4. The smallest absolute Gasteiger partial charge is 0.145 e. The summed E-state index contributed by atoms with van der Waals surface area (Å²) in [5, 5.41) is 0. The van der Waals surface area contributed by atoms with E-state index in [1.807, 2.05) is 0 Å². The van der Waals surface area contributed by atoms with Gasteiger partial charge in [0, 0.05) is 39.2 Å². The number of rotatable bonds is 5. The Morgan fingerprint density at radius 1 is 0.418 bits per heavy atom. The number of imidazole rings is 1. The summed E-state index contributed by atoms with van der Waals surface area (Å²) < 4.78 is 2.36. The molecule has 0 atom stereocenters. The molecule has 0 radical (unpaired) electrons. The van der Waals surface area contributed by atoms with Crippen LogP contribution < -0.4 is 4.90 Å². The summed E-state index contributed by atoms with van der Waals surface area (Å²) in [5.74, 6) is 0.948. The number of benzene rings is 8. The predicted octanol–water partition coefficient (Wildman–Crippen LogP) is 13.8. The van der Waals surface area contributed by atoms with E-state index in [1.54, 1.807) is 0 Å². The number of hydrogen-bond acceptors (Lipinski definition) is 2. The van der Waals surface area contributed by atoms with Crippen molar-refractivity contribution in [3.63, 3.8) is 0 Å². The van der Waals surface area contributed by atoms with E-state index >= 15 is 0 Å². The van der Waals surface area contributed by atoms with E-state index in [-0.39, 0.29) is 5.41 Å². The van der Waals surface area contributed by atoms with E-state index in [9.17, 15) is 0 Å². The van der Waals surface area contributed by atoms with Gasteiger partial charge in [-0.2, -0.15) is 0 Å². The van der Waals surface area contributed by atoms with E-state index in [2.05, 4.69) is 211 Å². The Kier molecular flexibility index (Phi) is 6.90. The largest absolute Gasteiger partial charge is 0.310 e. The van der Waals surface area contributed by atoms with Crippen molar-refractivity contribution in [3.8, 4) is 61.6 Å². The van der Waals surface area contributed by atoms with E-state index in [4.69, 9.17) is 4.98 Å². The Morgan fingerprint density at radius 2 is 0.964 bits per heavy atom. The third kappa shape index (κ3) is 4.79. The molecule has 0 fully saturated rings. The molecule has 260 valence electrons. The summed E-state index contributed by atoms with van der Waals surface area (Å²) in [4.78, 5) is 7.63. The zero-order valence-corrected chi connectivity index (χ0v) is 30.7. The number of anilines is 3. The number of aromatic nitrogens is 2. The maximum atomic E-state index is 5.26. The Labute approximate surface area is 321 Å². The minimum absolute atomic E-state index is 0.0724. The van der Waals surface area contributed by atoms with Crippen molar-refractivity contribution < 1.29 is 0 Å². The van der Waals surface area contributed by atoms with Gasteiger partial charge < -0.3 is 4.90 Å². The van der Waals surface area contributed by atoms with Crippen LogP contribution in [0.4, 0.5) is 17.1 Å². The molecule has 1 aromatic heterocycles. The zero-order valence-electron chi connectivity index (χ0n) is 30.7. The molecule has 3 heteroatoms. The fourth-order valence-corrected chi connectivity index (χ4v) is 9.09. The average molecular weight is 704 g/mol. The van der Waals surface area contributed by atoms with Crippen LogP contribution in [0.1, 0.15) is 25.0 Å². The molecule has 9 aromatic rings. The van der Waals surface area contributed by atoms with Crippen molar-refractivity contribution in [1.29, 1.82) is 0 Å². The van der Waals surface area contributed by atoms with Gasteiger partial charge in [0.15, 0.2) is 0 Å². The highest BCUT2D eigenvalue weighted by Gasteiger charge is 2.35. The molecule has 0 amide bonds. The molecule has 1 aliphatic carbocycles. The van der Waals surface area contributed by atoms with Gasteiger partial charge in [-0.15, -0.1) is 0 Å². The maximum absolute atomic E-state index is 5.26. The SMILES string of the molecule is CC1(C)c2ccccc2-c2ccc(N(c3ccccc3)c3ccc(-c4ccc(-c5nc6cccc7c6n5-c5ccccc5-c5ccccc5-7)cc4)cc3)cc21. The highest BCUT2D eigenvalue weighted by molar-refractivity contribution is 6.03. The zero-order chi connectivity index (χ0) is 36.7. The lowest BCUT2D eigenvalue weighted by molar-refractivity contribution is 0.660. The van der Waals surface area contributed by atoms with Gasteiger partial charge >= 0.3 is 0 Å². The van der Waals surface area contributed by atoms with Gasteiger partial charge in [-0.1, -0.05) is 153 Å². The molecule has 0 saturated carbocycles. The Hall–Kier alpha value is -6.97. The molecule has 0 spiro atoms. The van der Waals surface area contributed by atoms with Crippen molar-refractivity contribution in [2.45, 2.75) is 19.3 Å². The first-order chi connectivity index (χ1) is 27.0. The molecule has 2 heterocycles. The minimum atomic E-state index is -0.0724. The molecule has 0 saturated heterocycles. The lowest BCUT2D eigenvalue weighted by atomic mass is 9.82. The quantitative estimate of drug-likeness (QED) is 0.178. The van der Waals surface area contributed by atoms with Crippen LogP contribution in [-0.4, -0.2) is 9.55 Å². The van der Waals surface area contributed by atoms with Crippen LogP contribution >= 0.6 is 0 Å². The summed E-state index contributed by atoms with van der Waals surface area (Å²) in [6, 6.07) is 68.3. The second-order valence-electron chi connectivity index (χ2n) is 15.2. The summed E-state index contributed by atoms with van der Waals surface area (Å²) in [7, 11) is 0. The Balaban J connectivity index is 0.963. The van der Waals surface area contributed by atoms with E-state index < -0.39 is 0 Å². The number of fused-ring (bicyclic) bond motifs is 8. The van der Waals surface area contributed by atoms with Crippen LogP contribution in [0.15, 0.2) is 188 Å². The summed E-state index contributed by atoms with van der Waals surface area (Å²) in [6.45, 7) is 4.69. The van der Waals surface area contributed by atoms with Crippen molar-refractivity contribution in [1.82, 2.24) is 9.55 Å². The molecule has 55 heavy (non-hydrogen) atoms. The topological polar surface area (TPSA) is 21.1 Å². The highest BCUT2D eigenvalue weighted by atomic mass is 15.1. The second-order valence-corrected chi connectivity index (χ2v) is 15.2. The Bertz CT molecular complexity index is 2930. The van der Waals surface area contributed by atoms with Crippen molar-refractivity contribution in [3.05, 3.63) is 199 Å². The summed E-state index contributed by atoms with van der Waals surface area (Å²) in [6.07, 6.45) is 0. The van der Waals surface area contributed by atoms with Crippen molar-refractivity contribution in [2.24, 2.45) is 0 Å². The summed E-state index contributed by atoms with van der Waals surface area (Å²) >= 11 is 0. The van der Waals surface area contributed by atoms with Gasteiger partial charge in [-0.05, 0) is 93.0 Å². The van der Waals surface area contributed by atoms with Crippen molar-refractivity contribution >= 4 is 28.1 Å². The van der Waals surface area contributed by atoms with Crippen LogP contribution in [-0.2, 0) is 5.41 Å². The average Bonchev–Trinajstić information content (AvgIpc) is 3.70. The van der Waals surface area contributed by atoms with Gasteiger partial charge in [0.05, 0.1) is 16.7 Å². The molecule has 0 N–H and O–H groups in total. The van der Waals surface area contributed by atoms with Gasteiger partial charge in [0.1, 0.15) is 5.82 Å². The third-order valence-corrected chi connectivity index (χ3v) is 11.8. The standard InChI is InChI=1S/C52H37N3/c1-52(2)46-20-10-8-17-42(46)43-32-31-39(33-47(43)52)54(37-13-4-3-5-14-37)38-29-27-35(28-30-38)34-23-25-36(26-24-34)51-53-48-21-12-19-45-41-16-7-6-15-40(41)44-18-9-11-22-49(44)55(51)50(45)48/h3-33H,1-2H3. The third-order valence-electron chi connectivity index (χ3n) is 11.8. The first-order valence-electron chi connectivity index (χ1n) is 19.1. The fraction of sp³-hybridized carbons (Fsp3) is 0.0577. The molecule has 0 bridgehead atoms. The fourth-order valence-electron chi connectivity index (χ4n) is 9.09. The molecule has 3 nitrogen and oxygen atoms in total. The predicted molar refractivity (Wildman–Crippen MR) is 229 cm³/mol. The van der Waals surface area contributed by atoms with Crippen LogP contribution in [0.3, 0.4) is 0 Å². The highest BCUT2D eigenvalue weighted by Crippen LogP contribution is 2.51. The van der Waals surface area contributed by atoms with Crippen LogP contribution in [0.5, 0.6) is 0 Å². The lowest BCUT2D eigenvalue weighted by Gasteiger charge is -2.28. The van der Waals surface area contributed by atoms with E-state index in [0.29, 0.717) is 0 Å². The molecular formula is C52H37N3. The van der Waals surface area contributed by atoms with Gasteiger partial charge in [-0.25, -0.2) is 4.98 Å². The van der Waals surface area contributed by atoms with Crippen LogP contribution in [0.2, 0.25) is 0 Å². The molecule has 2 aliphatic rings. The Morgan fingerprint density at radius 3 is 1.73 bits per heavy atom. The monoisotopic (exact) mass is 703 g/mol. The van der Waals surface area contributed by atoms with E-state index in [1.165, 1.54) is 55.6 Å². The van der Waals surface area contributed by atoms with Crippen LogP contribution in [0, 0.1) is 0 Å². The van der Waals surface area contributed by atoms with Gasteiger partial charge in [0.25, 0.3) is 0 Å². The molecule has 11 rings (SSSR count).